The van der Waals surface area contributed by atoms with Gasteiger partial charge in [0.15, 0.2) is 5.11 Å². The predicted octanol–water partition coefficient (Wildman–Crippen LogP) is 6.20. The van der Waals surface area contributed by atoms with Crippen LogP contribution in [0.2, 0.25) is 0 Å². The minimum Gasteiger partial charge on any atom is -0.457 e. The Balaban J connectivity index is 1.60. The summed E-state index contributed by atoms with van der Waals surface area (Å²) in [5, 5.41) is 6.97. The Kier molecular flexibility index (Phi) is 5.88. The molecular weight excluding hydrogens is 443 g/mol. The maximum atomic E-state index is 5.78. The molecule has 0 aliphatic rings. The van der Waals surface area contributed by atoms with E-state index in [9.17, 15) is 0 Å². The van der Waals surface area contributed by atoms with E-state index in [1.807, 2.05) is 66.7 Å². The average Bonchev–Trinajstić information content (AvgIpc) is 2.60. The number of hydrogen-bond donors (Lipinski definition) is 2. The van der Waals surface area contributed by atoms with Crippen molar-refractivity contribution in [2.24, 2.45) is 0 Å². The lowest BCUT2D eigenvalue weighted by Crippen LogP contribution is -2.19. The van der Waals surface area contributed by atoms with Gasteiger partial charge in [-0.25, -0.2) is 0 Å². The van der Waals surface area contributed by atoms with Crippen LogP contribution in [0.3, 0.4) is 0 Å². The third-order valence-electron chi connectivity index (χ3n) is 3.53. The molecule has 0 amide bonds. The monoisotopic (exact) mass is 460 g/mol. The van der Waals surface area contributed by atoms with Crippen LogP contribution in [-0.4, -0.2) is 5.11 Å². The number of ether oxygens (including phenoxy) is 1. The van der Waals surface area contributed by atoms with Crippen molar-refractivity contribution in [2.45, 2.75) is 6.92 Å². The number of rotatable bonds is 4. The van der Waals surface area contributed by atoms with Gasteiger partial charge in [0, 0.05) is 14.9 Å². The minimum absolute atomic E-state index is 0.557. The van der Waals surface area contributed by atoms with Crippen molar-refractivity contribution >= 4 is 51.3 Å². The van der Waals surface area contributed by atoms with Gasteiger partial charge in [0.25, 0.3) is 0 Å². The molecule has 0 fully saturated rings. The van der Waals surface area contributed by atoms with Crippen LogP contribution in [0, 0.1) is 10.5 Å². The Morgan fingerprint density at radius 2 is 1.56 bits per heavy atom. The van der Waals surface area contributed by atoms with Crippen molar-refractivity contribution in [1.29, 1.82) is 0 Å². The molecule has 0 heterocycles. The fourth-order valence-electron chi connectivity index (χ4n) is 2.28. The first kappa shape index (κ1) is 17.7. The van der Waals surface area contributed by atoms with Crippen LogP contribution in [-0.2, 0) is 0 Å². The van der Waals surface area contributed by atoms with Crippen LogP contribution >= 0.6 is 34.8 Å². The van der Waals surface area contributed by atoms with Gasteiger partial charge in [-0.05, 0) is 102 Å². The van der Waals surface area contributed by atoms with Crippen molar-refractivity contribution in [2.75, 3.05) is 10.6 Å². The molecule has 0 unspecified atom stereocenters. The van der Waals surface area contributed by atoms with Crippen LogP contribution in [0.1, 0.15) is 5.56 Å². The van der Waals surface area contributed by atoms with Crippen molar-refractivity contribution in [1.82, 2.24) is 0 Å². The van der Waals surface area contributed by atoms with Crippen molar-refractivity contribution in [3.63, 3.8) is 0 Å². The van der Waals surface area contributed by atoms with E-state index in [4.69, 9.17) is 17.0 Å². The Morgan fingerprint density at radius 3 is 2.24 bits per heavy atom. The van der Waals surface area contributed by atoms with Crippen LogP contribution in [0.5, 0.6) is 11.5 Å². The molecule has 3 rings (SSSR count). The highest BCUT2D eigenvalue weighted by Crippen LogP contribution is 2.23. The minimum atomic E-state index is 0.557. The van der Waals surface area contributed by atoms with E-state index >= 15 is 0 Å². The van der Waals surface area contributed by atoms with Gasteiger partial charge < -0.3 is 15.4 Å². The molecule has 0 radical (unpaired) electrons. The fraction of sp³-hybridized carbons (Fsp3) is 0.0500. The molecule has 3 aromatic rings. The number of para-hydroxylation sites is 1. The summed E-state index contributed by atoms with van der Waals surface area (Å²) in [6.07, 6.45) is 0. The van der Waals surface area contributed by atoms with Gasteiger partial charge in [-0.3, -0.25) is 0 Å². The average molecular weight is 460 g/mol. The van der Waals surface area contributed by atoms with Crippen LogP contribution in [0.15, 0.2) is 72.8 Å². The highest BCUT2D eigenvalue weighted by atomic mass is 127. The molecule has 3 aromatic carbocycles. The van der Waals surface area contributed by atoms with Gasteiger partial charge in [0.1, 0.15) is 11.5 Å². The quantitative estimate of drug-likeness (QED) is 0.359. The summed E-state index contributed by atoms with van der Waals surface area (Å²) in [6.45, 7) is 2.06. The lowest BCUT2D eigenvalue weighted by Gasteiger charge is -2.13. The molecule has 3 nitrogen and oxygen atoms in total. The molecular formula is C20H17IN2OS. The van der Waals surface area contributed by atoms with E-state index in [1.165, 1.54) is 3.57 Å². The largest absolute Gasteiger partial charge is 0.457 e. The summed E-state index contributed by atoms with van der Waals surface area (Å²) in [5.41, 5.74) is 3.06. The molecule has 0 aliphatic carbocycles. The SMILES string of the molecule is Cc1cc(I)ccc1NC(=S)Nc1ccc(Oc2ccccc2)cc1. The van der Waals surface area contributed by atoms with E-state index in [2.05, 4.69) is 46.2 Å². The maximum absolute atomic E-state index is 5.78. The standard InChI is InChI=1S/C20H17IN2OS/c1-14-13-15(21)7-12-19(14)23-20(25)22-16-8-10-18(11-9-16)24-17-5-3-2-4-6-17/h2-13H,1H3,(H2,22,23,25). The molecule has 0 saturated carbocycles. The zero-order chi connectivity index (χ0) is 17.6. The highest BCUT2D eigenvalue weighted by molar-refractivity contribution is 14.1. The fourth-order valence-corrected chi connectivity index (χ4v) is 3.16. The summed E-state index contributed by atoms with van der Waals surface area (Å²) in [7, 11) is 0. The number of hydrogen-bond acceptors (Lipinski definition) is 2. The molecule has 0 aromatic heterocycles. The highest BCUT2D eigenvalue weighted by Gasteiger charge is 2.03. The topological polar surface area (TPSA) is 33.3 Å². The zero-order valence-electron chi connectivity index (χ0n) is 13.6. The number of thiocarbonyl (C=S) groups is 1. The summed E-state index contributed by atoms with van der Waals surface area (Å²) in [6, 6.07) is 23.6. The molecule has 0 bridgehead atoms. The van der Waals surface area contributed by atoms with E-state index in [0.29, 0.717) is 5.11 Å². The smallest absolute Gasteiger partial charge is 0.175 e. The van der Waals surface area contributed by atoms with Crippen molar-refractivity contribution in [3.05, 3.63) is 81.9 Å². The third kappa shape index (κ3) is 5.17. The second kappa shape index (κ2) is 8.31. The van der Waals surface area contributed by atoms with Crippen LogP contribution in [0.25, 0.3) is 0 Å². The van der Waals surface area contributed by atoms with Crippen LogP contribution in [0.4, 0.5) is 11.4 Å². The first-order valence-electron chi connectivity index (χ1n) is 7.77. The number of anilines is 2. The molecule has 126 valence electrons. The molecule has 5 heteroatoms. The maximum Gasteiger partial charge on any atom is 0.175 e. The van der Waals surface area contributed by atoms with Gasteiger partial charge in [-0.15, -0.1) is 0 Å². The number of nitrogens with one attached hydrogen (secondary N) is 2. The van der Waals surface area contributed by atoms with Gasteiger partial charge in [-0.2, -0.15) is 0 Å². The molecule has 25 heavy (non-hydrogen) atoms. The second-order valence-corrected chi connectivity index (χ2v) is 7.13. The van der Waals surface area contributed by atoms with E-state index in [-0.39, 0.29) is 0 Å². The Bertz CT molecular complexity index is 867. The van der Waals surface area contributed by atoms with Crippen molar-refractivity contribution in [3.8, 4) is 11.5 Å². The lowest BCUT2D eigenvalue weighted by atomic mass is 10.2. The summed E-state index contributed by atoms with van der Waals surface area (Å²) in [4.78, 5) is 0. The zero-order valence-corrected chi connectivity index (χ0v) is 16.6. The summed E-state index contributed by atoms with van der Waals surface area (Å²) < 4.78 is 6.99. The van der Waals surface area contributed by atoms with Crippen molar-refractivity contribution < 1.29 is 4.74 Å². The first-order valence-corrected chi connectivity index (χ1v) is 9.26. The Morgan fingerprint density at radius 1 is 0.880 bits per heavy atom. The molecule has 0 aliphatic heterocycles. The molecule has 0 saturated heterocycles. The lowest BCUT2D eigenvalue weighted by molar-refractivity contribution is 0.483. The number of aryl methyl sites for hydroxylation is 1. The Hall–Kier alpha value is -2.12. The second-order valence-electron chi connectivity index (χ2n) is 5.48. The Labute approximate surface area is 166 Å². The number of halogens is 1. The molecule has 0 atom stereocenters. The van der Waals surface area contributed by atoms with Gasteiger partial charge in [0.05, 0.1) is 0 Å². The summed E-state index contributed by atoms with van der Waals surface area (Å²) >= 11 is 7.69. The van der Waals surface area contributed by atoms with Gasteiger partial charge in [0.2, 0.25) is 0 Å². The third-order valence-corrected chi connectivity index (χ3v) is 4.40. The first-order chi connectivity index (χ1) is 12.1. The normalized spacial score (nSPS) is 10.2. The van der Waals surface area contributed by atoms with Gasteiger partial charge in [-0.1, -0.05) is 18.2 Å². The van der Waals surface area contributed by atoms with E-state index < -0.39 is 0 Å². The van der Waals surface area contributed by atoms with E-state index in [1.54, 1.807) is 0 Å². The van der Waals surface area contributed by atoms with E-state index in [0.717, 1.165) is 28.4 Å². The predicted molar refractivity (Wildman–Crippen MR) is 117 cm³/mol. The summed E-state index contributed by atoms with van der Waals surface area (Å²) in [5.74, 6) is 1.60. The number of benzene rings is 3. The molecule has 2 N–H and O–H groups in total. The molecule has 0 spiro atoms. The van der Waals surface area contributed by atoms with Crippen LogP contribution < -0.4 is 15.4 Å². The van der Waals surface area contributed by atoms with Gasteiger partial charge >= 0.3 is 0 Å².